The number of hydrogen-bond donors (Lipinski definition) is 2. The minimum Gasteiger partial charge on any atom is -0.446 e. The van der Waals surface area contributed by atoms with Crippen molar-refractivity contribution in [1.82, 2.24) is 9.97 Å². The Labute approximate surface area is 293 Å². The van der Waals surface area contributed by atoms with Gasteiger partial charge in [0.05, 0.1) is 31.3 Å². The number of aromatic nitrogens is 2. The van der Waals surface area contributed by atoms with Crippen molar-refractivity contribution in [3.05, 3.63) is 136 Å². The number of aliphatic hydroxyl groups is 2. The van der Waals surface area contributed by atoms with E-state index in [4.69, 9.17) is 13.6 Å². The van der Waals surface area contributed by atoms with Gasteiger partial charge in [0.2, 0.25) is 0 Å². The third kappa shape index (κ3) is 7.90. The van der Waals surface area contributed by atoms with Crippen LogP contribution in [0.25, 0.3) is 0 Å². The molecular formula is C39H44ClN3O6. The summed E-state index contributed by atoms with van der Waals surface area (Å²) in [6.07, 6.45) is 6.56. The first-order chi connectivity index (χ1) is 23.1. The van der Waals surface area contributed by atoms with Crippen molar-refractivity contribution in [2.24, 2.45) is 0 Å². The van der Waals surface area contributed by atoms with Gasteiger partial charge in [-0.3, -0.25) is 4.90 Å². The molecule has 0 spiro atoms. The van der Waals surface area contributed by atoms with Gasteiger partial charge < -0.3 is 23.8 Å². The molecule has 1 aliphatic heterocycles. The maximum atomic E-state index is 12.8. The molecule has 2 atom stereocenters. The van der Waals surface area contributed by atoms with Gasteiger partial charge in [-0.2, -0.15) is 0 Å². The standard InChI is InChI=1S/C23H24N2O4.C16H19NO2.ClH/c1-16-24-12-19(29-16)10-18-8-9-21-20(11-18)23(2,15-26)14-25(21)22(27)28-13-17-6-4-3-5-7-17;1-11-17-9-14(19-11)7-12-3-4-13-5-6-16(2,10-18)15(13)8-12;/h3-9,11-12,26H,10,13-15H2,1-2H3;3-4,8-9,18H,5-7,10H2,1-2H3;1H. The molecule has 0 bridgehead atoms. The van der Waals surface area contributed by atoms with Gasteiger partial charge in [-0.15, -0.1) is 12.4 Å². The second-order valence-corrected chi connectivity index (χ2v) is 13.5. The molecule has 49 heavy (non-hydrogen) atoms. The SMILES string of the molecule is Cc1ncc(Cc2ccc3c(c2)C(C)(CO)CC3)o1.Cc1ncc(Cc2ccc3c(c2)C(C)(CO)CN3C(=O)OCc2ccccc2)o1.Cl. The fourth-order valence-corrected chi connectivity index (χ4v) is 6.63. The highest BCUT2D eigenvalue weighted by atomic mass is 35.5. The van der Waals surface area contributed by atoms with E-state index in [1.165, 1.54) is 16.7 Å². The van der Waals surface area contributed by atoms with E-state index < -0.39 is 11.5 Å². The van der Waals surface area contributed by atoms with E-state index in [1.54, 1.807) is 17.3 Å². The molecule has 3 aromatic carbocycles. The van der Waals surface area contributed by atoms with Crippen LogP contribution >= 0.6 is 12.4 Å². The van der Waals surface area contributed by atoms with Crippen LogP contribution in [0.2, 0.25) is 0 Å². The molecule has 5 aromatic rings. The summed E-state index contributed by atoms with van der Waals surface area (Å²) in [5.74, 6) is 3.01. The number of aliphatic hydroxyl groups excluding tert-OH is 2. The highest BCUT2D eigenvalue weighted by Gasteiger charge is 2.42. The number of benzene rings is 3. The zero-order valence-corrected chi connectivity index (χ0v) is 29.3. The fraction of sp³-hybridized carbons (Fsp3) is 0.359. The van der Waals surface area contributed by atoms with Crippen LogP contribution in [0.4, 0.5) is 10.5 Å². The number of carbonyl (C=O) groups is 1. The lowest BCUT2D eigenvalue weighted by atomic mass is 9.84. The monoisotopic (exact) mass is 685 g/mol. The lowest BCUT2D eigenvalue weighted by molar-refractivity contribution is 0.144. The number of amides is 1. The summed E-state index contributed by atoms with van der Waals surface area (Å²) >= 11 is 0. The van der Waals surface area contributed by atoms with E-state index in [0.717, 1.165) is 53.2 Å². The lowest BCUT2D eigenvalue weighted by Crippen LogP contribution is -2.37. The Morgan fingerprint density at radius 1 is 0.816 bits per heavy atom. The summed E-state index contributed by atoms with van der Waals surface area (Å²) in [5.41, 5.74) is 6.94. The lowest BCUT2D eigenvalue weighted by Gasteiger charge is -2.23. The van der Waals surface area contributed by atoms with E-state index in [-0.39, 0.29) is 37.6 Å². The third-order valence-corrected chi connectivity index (χ3v) is 9.50. The van der Waals surface area contributed by atoms with Crippen LogP contribution in [0.15, 0.2) is 88.0 Å². The molecule has 0 radical (unpaired) electrons. The largest absolute Gasteiger partial charge is 0.446 e. The molecule has 7 rings (SSSR count). The molecule has 2 unspecified atom stereocenters. The summed E-state index contributed by atoms with van der Waals surface area (Å²) in [7, 11) is 0. The zero-order chi connectivity index (χ0) is 33.9. The van der Waals surface area contributed by atoms with Crippen LogP contribution in [-0.2, 0) is 41.4 Å². The average molecular weight is 686 g/mol. The number of rotatable bonds is 8. The van der Waals surface area contributed by atoms with Crippen LogP contribution < -0.4 is 4.90 Å². The Morgan fingerprint density at radius 3 is 1.98 bits per heavy atom. The Morgan fingerprint density at radius 2 is 1.41 bits per heavy atom. The van der Waals surface area contributed by atoms with E-state index in [9.17, 15) is 15.0 Å². The van der Waals surface area contributed by atoms with Crippen molar-refractivity contribution in [3.63, 3.8) is 0 Å². The first-order valence-corrected chi connectivity index (χ1v) is 16.4. The topological polar surface area (TPSA) is 122 Å². The van der Waals surface area contributed by atoms with Gasteiger partial charge in [0.15, 0.2) is 11.8 Å². The third-order valence-electron chi connectivity index (χ3n) is 9.50. The number of carbonyl (C=O) groups excluding carboxylic acids is 1. The maximum Gasteiger partial charge on any atom is 0.414 e. The van der Waals surface area contributed by atoms with Crippen molar-refractivity contribution >= 4 is 24.2 Å². The second-order valence-electron chi connectivity index (χ2n) is 13.5. The van der Waals surface area contributed by atoms with Gasteiger partial charge >= 0.3 is 6.09 Å². The molecule has 0 fully saturated rings. The van der Waals surface area contributed by atoms with E-state index >= 15 is 0 Å². The maximum absolute atomic E-state index is 12.8. The molecule has 0 saturated carbocycles. The minimum absolute atomic E-state index is 0. The summed E-state index contributed by atoms with van der Waals surface area (Å²) < 4.78 is 16.6. The number of nitrogens with zero attached hydrogens (tertiary/aromatic N) is 3. The molecule has 10 heteroatoms. The van der Waals surface area contributed by atoms with Crippen molar-refractivity contribution in [2.75, 3.05) is 24.7 Å². The first-order valence-electron chi connectivity index (χ1n) is 16.4. The number of aryl methyl sites for hydroxylation is 3. The van der Waals surface area contributed by atoms with Gasteiger partial charge in [-0.25, -0.2) is 14.8 Å². The first kappa shape index (κ1) is 35.9. The van der Waals surface area contributed by atoms with Gasteiger partial charge in [0.1, 0.15) is 18.1 Å². The molecular weight excluding hydrogens is 642 g/mol. The number of halogens is 1. The minimum atomic E-state index is -0.547. The van der Waals surface area contributed by atoms with Crippen molar-refractivity contribution < 1.29 is 28.6 Å². The summed E-state index contributed by atoms with van der Waals surface area (Å²) in [6.45, 7) is 8.50. The smallest absolute Gasteiger partial charge is 0.414 e. The Bertz CT molecular complexity index is 1890. The van der Waals surface area contributed by atoms with E-state index in [0.29, 0.717) is 24.7 Å². The van der Waals surface area contributed by atoms with Crippen LogP contribution in [-0.4, -0.2) is 46.0 Å². The normalized spacial score (nSPS) is 19.0. The van der Waals surface area contributed by atoms with Crippen molar-refractivity contribution in [2.45, 2.75) is 70.8 Å². The van der Waals surface area contributed by atoms with Gasteiger partial charge in [-0.05, 0) is 52.3 Å². The second kappa shape index (κ2) is 15.0. The average Bonchev–Trinajstić information content (AvgIpc) is 3.86. The Kier molecular flexibility index (Phi) is 11.0. The van der Waals surface area contributed by atoms with Gasteiger partial charge in [0, 0.05) is 44.1 Å². The Hall–Kier alpha value is -4.44. The zero-order valence-electron chi connectivity index (χ0n) is 28.4. The van der Waals surface area contributed by atoms with Crippen LogP contribution in [0.3, 0.4) is 0 Å². The van der Waals surface area contributed by atoms with E-state index in [1.807, 2.05) is 69.3 Å². The molecule has 2 N–H and O–H groups in total. The quantitative estimate of drug-likeness (QED) is 0.176. The van der Waals surface area contributed by atoms with Gasteiger partial charge in [0.25, 0.3) is 0 Å². The van der Waals surface area contributed by atoms with Crippen molar-refractivity contribution in [1.29, 1.82) is 0 Å². The summed E-state index contributed by atoms with van der Waals surface area (Å²) in [4.78, 5) is 22.6. The molecule has 0 saturated heterocycles. The molecule has 1 aliphatic carbocycles. The number of oxazole rings is 2. The summed E-state index contributed by atoms with van der Waals surface area (Å²) in [6, 6.07) is 22.1. The summed E-state index contributed by atoms with van der Waals surface area (Å²) in [5, 5.41) is 19.7. The molecule has 9 nitrogen and oxygen atoms in total. The molecule has 2 aliphatic rings. The van der Waals surface area contributed by atoms with Crippen LogP contribution in [0, 0.1) is 13.8 Å². The fourth-order valence-electron chi connectivity index (χ4n) is 6.63. The number of hydrogen-bond acceptors (Lipinski definition) is 8. The van der Waals surface area contributed by atoms with E-state index in [2.05, 4.69) is 35.1 Å². The number of fused-ring (bicyclic) bond motifs is 2. The molecule has 2 aromatic heterocycles. The molecule has 1 amide bonds. The van der Waals surface area contributed by atoms with Crippen molar-refractivity contribution in [3.8, 4) is 0 Å². The molecule has 3 heterocycles. The number of ether oxygens (including phenoxy) is 1. The predicted molar refractivity (Wildman–Crippen MR) is 189 cm³/mol. The van der Waals surface area contributed by atoms with Crippen LogP contribution in [0.5, 0.6) is 0 Å². The number of anilines is 1. The molecule has 258 valence electrons. The highest BCUT2D eigenvalue weighted by molar-refractivity contribution is 5.91. The van der Waals surface area contributed by atoms with Crippen LogP contribution in [0.1, 0.15) is 77.0 Å². The van der Waals surface area contributed by atoms with Gasteiger partial charge in [-0.1, -0.05) is 74.5 Å². The highest BCUT2D eigenvalue weighted by Crippen LogP contribution is 2.42. The Balaban J connectivity index is 0.000000203. The predicted octanol–water partition coefficient (Wildman–Crippen LogP) is 7.17.